The number of ether oxygens (including phenoxy) is 1. The van der Waals surface area contributed by atoms with E-state index in [-0.39, 0.29) is 30.1 Å². The second-order valence-electron chi connectivity index (χ2n) is 7.80. The van der Waals surface area contributed by atoms with Crippen LogP contribution in [0.1, 0.15) is 58.8 Å². The fraction of sp³-hybridized carbons (Fsp3) is 0.619. The smallest absolute Gasteiger partial charge is 0.310 e. The molecule has 154 valence electrons. The standard InChI is InChI=1S/C13H17NO4.C8H12O2/c1-8-3-5-9(6-4-8)13(17)18-10-7-11(15)14(2)12(10)16;1-6-2-4-7(5-3-6)8(9)10/h3,9-10H,4-7H2,1-2H3;2,7H,3-5H2,1H3,(H,9,10)/t9-,10-;7-/m00/s1. The highest BCUT2D eigenvalue weighted by Crippen LogP contribution is 2.26. The minimum Gasteiger partial charge on any atom is -0.481 e. The van der Waals surface area contributed by atoms with Crippen molar-refractivity contribution in [2.45, 2.75) is 64.9 Å². The van der Waals surface area contributed by atoms with E-state index in [0.717, 1.165) is 37.0 Å². The van der Waals surface area contributed by atoms with Crippen LogP contribution in [0.5, 0.6) is 0 Å². The van der Waals surface area contributed by atoms with E-state index in [1.807, 2.05) is 19.1 Å². The zero-order valence-electron chi connectivity index (χ0n) is 16.8. The summed E-state index contributed by atoms with van der Waals surface area (Å²) in [7, 11) is 1.41. The topological polar surface area (TPSA) is 101 Å². The quantitative estimate of drug-likeness (QED) is 0.451. The molecular formula is C21H29NO6. The Bertz CT molecular complexity index is 708. The van der Waals surface area contributed by atoms with Crippen molar-refractivity contribution in [2.75, 3.05) is 7.05 Å². The van der Waals surface area contributed by atoms with Gasteiger partial charge in [0.25, 0.3) is 5.91 Å². The van der Waals surface area contributed by atoms with Crippen molar-refractivity contribution in [3.8, 4) is 0 Å². The highest BCUT2D eigenvalue weighted by atomic mass is 16.5. The highest BCUT2D eigenvalue weighted by Gasteiger charge is 2.39. The normalized spacial score (nSPS) is 27.4. The average molecular weight is 391 g/mol. The molecule has 7 heteroatoms. The SMILES string of the molecule is CC1=CC[C@H](C(=O)O)CC1.CC1=CC[C@H](C(=O)O[C@H]2CC(=O)N(C)C2=O)CC1. The van der Waals surface area contributed by atoms with Crippen LogP contribution in [0.3, 0.4) is 0 Å². The third kappa shape index (κ3) is 5.78. The molecule has 1 heterocycles. The first kappa shape index (κ1) is 21.9. The Hall–Kier alpha value is -2.44. The lowest BCUT2D eigenvalue weighted by molar-refractivity contribution is -0.160. The Kier molecular flexibility index (Phi) is 7.54. The zero-order valence-corrected chi connectivity index (χ0v) is 16.8. The number of carbonyl (C=O) groups excluding carboxylic acids is 3. The first-order valence-corrected chi connectivity index (χ1v) is 9.74. The molecule has 3 rings (SSSR count). The molecule has 0 spiro atoms. The molecule has 0 bridgehead atoms. The molecule has 1 fully saturated rings. The number of hydrogen-bond acceptors (Lipinski definition) is 5. The Morgan fingerprint density at radius 1 is 1.04 bits per heavy atom. The molecular weight excluding hydrogens is 362 g/mol. The fourth-order valence-electron chi connectivity index (χ4n) is 3.42. The van der Waals surface area contributed by atoms with Crippen LogP contribution in [0.15, 0.2) is 23.3 Å². The van der Waals surface area contributed by atoms with Gasteiger partial charge in [-0.15, -0.1) is 0 Å². The first-order valence-electron chi connectivity index (χ1n) is 9.74. The summed E-state index contributed by atoms with van der Waals surface area (Å²) < 4.78 is 5.16. The average Bonchev–Trinajstić information content (AvgIpc) is 2.90. The number of rotatable bonds is 3. The molecule has 2 aliphatic carbocycles. The molecule has 7 nitrogen and oxygen atoms in total. The summed E-state index contributed by atoms with van der Waals surface area (Å²) in [5.74, 6) is -2.02. The van der Waals surface area contributed by atoms with Crippen molar-refractivity contribution in [3.05, 3.63) is 23.3 Å². The molecule has 0 unspecified atom stereocenters. The van der Waals surface area contributed by atoms with Crippen LogP contribution in [0.2, 0.25) is 0 Å². The molecule has 0 saturated carbocycles. The maximum atomic E-state index is 11.9. The van der Waals surface area contributed by atoms with Gasteiger partial charge in [0.1, 0.15) is 0 Å². The Balaban J connectivity index is 0.000000237. The second kappa shape index (κ2) is 9.66. The van der Waals surface area contributed by atoms with Crippen LogP contribution in [0, 0.1) is 11.8 Å². The lowest BCUT2D eigenvalue weighted by Gasteiger charge is -2.20. The van der Waals surface area contributed by atoms with Crippen molar-refractivity contribution in [1.82, 2.24) is 4.90 Å². The van der Waals surface area contributed by atoms with Crippen molar-refractivity contribution < 1.29 is 29.0 Å². The molecule has 0 aromatic carbocycles. The van der Waals surface area contributed by atoms with Gasteiger partial charge in [-0.05, 0) is 52.4 Å². The van der Waals surface area contributed by atoms with Crippen molar-refractivity contribution >= 4 is 23.8 Å². The minimum absolute atomic E-state index is 0.0251. The number of carboxylic acids is 1. The summed E-state index contributed by atoms with van der Waals surface area (Å²) in [4.78, 5) is 46.2. The third-order valence-corrected chi connectivity index (χ3v) is 5.56. The Morgan fingerprint density at radius 2 is 1.57 bits per heavy atom. The van der Waals surface area contributed by atoms with E-state index in [1.165, 1.54) is 18.2 Å². The van der Waals surface area contributed by atoms with E-state index in [2.05, 4.69) is 6.92 Å². The van der Waals surface area contributed by atoms with Gasteiger partial charge in [-0.3, -0.25) is 24.1 Å². The van der Waals surface area contributed by atoms with Gasteiger partial charge < -0.3 is 9.84 Å². The predicted octanol–water partition coefficient (Wildman–Crippen LogP) is 2.85. The number of hydrogen-bond donors (Lipinski definition) is 1. The molecule has 0 aromatic rings. The maximum absolute atomic E-state index is 11.9. The van der Waals surface area contributed by atoms with E-state index in [1.54, 1.807) is 0 Å². The summed E-state index contributed by atoms with van der Waals surface area (Å²) in [6.45, 7) is 4.09. The molecule has 1 aliphatic heterocycles. The molecule has 2 amide bonds. The number of esters is 1. The summed E-state index contributed by atoms with van der Waals surface area (Å²) >= 11 is 0. The minimum atomic E-state index is -0.915. The van der Waals surface area contributed by atoms with Gasteiger partial charge in [-0.25, -0.2) is 0 Å². The zero-order chi connectivity index (χ0) is 20.8. The molecule has 3 atom stereocenters. The number of carbonyl (C=O) groups is 4. The lowest BCUT2D eigenvalue weighted by atomic mass is 9.90. The van der Waals surface area contributed by atoms with Crippen LogP contribution in [-0.4, -0.2) is 46.9 Å². The highest BCUT2D eigenvalue weighted by molar-refractivity contribution is 6.05. The number of aliphatic carboxylic acids is 1. The van der Waals surface area contributed by atoms with Gasteiger partial charge in [0.05, 0.1) is 18.3 Å². The number of carboxylic acid groups (broad SMARTS) is 1. The number of nitrogens with zero attached hydrogens (tertiary/aromatic N) is 1. The van der Waals surface area contributed by atoms with Gasteiger partial charge >= 0.3 is 11.9 Å². The van der Waals surface area contributed by atoms with Crippen LogP contribution >= 0.6 is 0 Å². The summed E-state index contributed by atoms with van der Waals surface area (Å²) in [5.41, 5.74) is 2.61. The van der Waals surface area contributed by atoms with Crippen molar-refractivity contribution in [1.29, 1.82) is 0 Å². The van der Waals surface area contributed by atoms with E-state index < -0.39 is 18.0 Å². The molecule has 1 saturated heterocycles. The van der Waals surface area contributed by atoms with E-state index >= 15 is 0 Å². The predicted molar refractivity (Wildman–Crippen MR) is 102 cm³/mol. The van der Waals surface area contributed by atoms with Crippen molar-refractivity contribution in [2.24, 2.45) is 11.8 Å². The number of likely N-dealkylation sites (tertiary alicyclic amines) is 1. The molecule has 1 N–H and O–H groups in total. The number of amides is 2. The Morgan fingerprint density at radius 3 is 1.96 bits per heavy atom. The molecule has 0 radical (unpaired) electrons. The van der Waals surface area contributed by atoms with Gasteiger partial charge in [-0.1, -0.05) is 23.3 Å². The lowest BCUT2D eigenvalue weighted by Crippen LogP contribution is -2.32. The van der Waals surface area contributed by atoms with Crippen LogP contribution < -0.4 is 0 Å². The van der Waals surface area contributed by atoms with Gasteiger partial charge in [0.15, 0.2) is 6.10 Å². The maximum Gasteiger partial charge on any atom is 0.310 e. The van der Waals surface area contributed by atoms with Gasteiger partial charge in [0, 0.05) is 7.05 Å². The monoisotopic (exact) mass is 391 g/mol. The number of allylic oxidation sites excluding steroid dienone is 4. The second-order valence-corrected chi connectivity index (χ2v) is 7.80. The summed E-state index contributed by atoms with van der Waals surface area (Å²) in [5, 5.41) is 8.60. The van der Waals surface area contributed by atoms with E-state index in [9.17, 15) is 19.2 Å². The number of imide groups is 1. The largest absolute Gasteiger partial charge is 0.481 e. The Labute approximate surface area is 165 Å². The molecule has 0 aromatic heterocycles. The van der Waals surface area contributed by atoms with Crippen LogP contribution in [0.4, 0.5) is 0 Å². The molecule has 28 heavy (non-hydrogen) atoms. The third-order valence-electron chi connectivity index (χ3n) is 5.56. The number of likely N-dealkylation sites (N-methyl/N-ethyl adjacent to an activating group) is 1. The van der Waals surface area contributed by atoms with E-state index in [4.69, 9.17) is 9.84 Å². The van der Waals surface area contributed by atoms with Crippen molar-refractivity contribution in [3.63, 3.8) is 0 Å². The summed E-state index contributed by atoms with van der Waals surface area (Å²) in [6.07, 6.45) is 7.92. The summed E-state index contributed by atoms with van der Waals surface area (Å²) in [6, 6.07) is 0. The van der Waals surface area contributed by atoms with Crippen LogP contribution in [-0.2, 0) is 23.9 Å². The van der Waals surface area contributed by atoms with Gasteiger partial charge in [0.2, 0.25) is 5.91 Å². The van der Waals surface area contributed by atoms with E-state index in [0.29, 0.717) is 6.42 Å². The first-order chi connectivity index (χ1) is 13.2. The van der Waals surface area contributed by atoms with Crippen LogP contribution in [0.25, 0.3) is 0 Å². The van der Waals surface area contributed by atoms with Gasteiger partial charge in [-0.2, -0.15) is 0 Å². The molecule has 3 aliphatic rings. The fourth-order valence-corrected chi connectivity index (χ4v) is 3.42.